The molecule has 1 fully saturated rings. The van der Waals surface area contributed by atoms with Crippen LogP contribution in [0, 0.1) is 0 Å². The van der Waals surface area contributed by atoms with Crippen LogP contribution in [0.15, 0.2) is 0 Å². The molecule has 0 bridgehead atoms. The van der Waals surface area contributed by atoms with Crippen molar-refractivity contribution in [3.63, 3.8) is 0 Å². The highest BCUT2D eigenvalue weighted by Crippen LogP contribution is 2.28. The molecule has 0 spiro atoms. The van der Waals surface area contributed by atoms with Crippen molar-refractivity contribution in [2.75, 3.05) is 19.8 Å². The van der Waals surface area contributed by atoms with Crippen LogP contribution in [0.3, 0.4) is 0 Å². The molecule has 1 unspecified atom stereocenters. The summed E-state index contributed by atoms with van der Waals surface area (Å²) in [6.45, 7) is 5.43. The predicted octanol–water partition coefficient (Wildman–Crippen LogP) is 1.19. The Morgan fingerprint density at radius 2 is 2.25 bits per heavy atom. The Morgan fingerprint density at radius 1 is 1.58 bits per heavy atom. The maximum absolute atomic E-state index is 11.9. The number of aliphatic hydroxyl groups is 1. The van der Waals surface area contributed by atoms with Gasteiger partial charge in [-0.1, -0.05) is 0 Å². The van der Waals surface area contributed by atoms with Gasteiger partial charge in [-0.15, -0.1) is 0 Å². The summed E-state index contributed by atoms with van der Waals surface area (Å²) in [5, 5.41) is 9.59. The summed E-state index contributed by atoms with van der Waals surface area (Å²) in [5.41, 5.74) is -0.158. The molecular weight excluding hydrogens is 157 g/mol. The standard InChI is InChI=1S/C9H18FNO/c1-9(2)8(12)4-7-11(9)6-3-5-10/h8,12H,3-7H2,1-2H3. The van der Waals surface area contributed by atoms with E-state index in [1.54, 1.807) is 0 Å². The molecule has 1 rings (SSSR count). The lowest BCUT2D eigenvalue weighted by molar-refractivity contribution is 0.0532. The summed E-state index contributed by atoms with van der Waals surface area (Å²) in [5.74, 6) is 0. The van der Waals surface area contributed by atoms with Gasteiger partial charge in [-0.05, 0) is 26.7 Å². The first-order valence-electron chi connectivity index (χ1n) is 4.58. The molecule has 0 aromatic carbocycles. The van der Waals surface area contributed by atoms with Crippen molar-refractivity contribution in [1.82, 2.24) is 4.90 Å². The summed E-state index contributed by atoms with van der Waals surface area (Å²) in [6, 6.07) is 0. The summed E-state index contributed by atoms with van der Waals surface area (Å²) in [7, 11) is 0. The molecule has 2 nitrogen and oxygen atoms in total. The molecule has 1 heterocycles. The largest absolute Gasteiger partial charge is 0.391 e. The van der Waals surface area contributed by atoms with E-state index in [2.05, 4.69) is 4.90 Å². The van der Waals surface area contributed by atoms with Gasteiger partial charge in [0.15, 0.2) is 0 Å². The normalized spacial score (nSPS) is 29.5. The lowest BCUT2D eigenvalue weighted by atomic mass is 9.99. The minimum atomic E-state index is -0.261. The molecule has 1 N–H and O–H groups in total. The number of rotatable bonds is 3. The SMILES string of the molecule is CC1(C)C(O)CCN1CCCF. The van der Waals surface area contributed by atoms with Gasteiger partial charge in [0.05, 0.1) is 12.8 Å². The Morgan fingerprint density at radius 3 is 2.67 bits per heavy atom. The topological polar surface area (TPSA) is 23.5 Å². The van der Waals surface area contributed by atoms with E-state index >= 15 is 0 Å². The summed E-state index contributed by atoms with van der Waals surface area (Å²) >= 11 is 0. The van der Waals surface area contributed by atoms with Crippen molar-refractivity contribution in [2.24, 2.45) is 0 Å². The van der Waals surface area contributed by atoms with Crippen molar-refractivity contribution in [3.8, 4) is 0 Å². The Bertz CT molecular complexity index is 149. The summed E-state index contributed by atoms with van der Waals surface area (Å²) < 4.78 is 11.9. The monoisotopic (exact) mass is 175 g/mol. The molecule has 0 radical (unpaired) electrons. The third-order valence-electron chi connectivity index (χ3n) is 2.86. The molecule has 0 saturated carbocycles. The fourth-order valence-corrected chi connectivity index (χ4v) is 1.78. The molecule has 0 aliphatic carbocycles. The maximum Gasteiger partial charge on any atom is 0.0906 e. The molecule has 3 heteroatoms. The zero-order chi connectivity index (χ0) is 9.19. The number of hydrogen-bond donors (Lipinski definition) is 1. The lowest BCUT2D eigenvalue weighted by Crippen LogP contribution is -2.45. The zero-order valence-electron chi connectivity index (χ0n) is 7.89. The molecule has 1 atom stereocenters. The highest BCUT2D eigenvalue weighted by molar-refractivity contribution is 4.95. The molecule has 1 aliphatic rings. The van der Waals surface area contributed by atoms with Crippen molar-refractivity contribution < 1.29 is 9.50 Å². The predicted molar refractivity (Wildman–Crippen MR) is 46.9 cm³/mol. The smallest absolute Gasteiger partial charge is 0.0906 e. The van der Waals surface area contributed by atoms with Gasteiger partial charge in [-0.25, -0.2) is 0 Å². The van der Waals surface area contributed by atoms with E-state index in [1.807, 2.05) is 13.8 Å². The second-order valence-electron chi connectivity index (χ2n) is 3.99. The van der Waals surface area contributed by atoms with Gasteiger partial charge < -0.3 is 5.11 Å². The first kappa shape index (κ1) is 9.93. The molecular formula is C9H18FNO. The number of aliphatic hydroxyl groups excluding tert-OH is 1. The van der Waals surface area contributed by atoms with E-state index in [1.165, 1.54) is 0 Å². The van der Waals surface area contributed by atoms with Gasteiger partial charge in [-0.3, -0.25) is 9.29 Å². The van der Waals surface area contributed by atoms with Gasteiger partial charge in [0.25, 0.3) is 0 Å². The second-order valence-corrected chi connectivity index (χ2v) is 3.99. The van der Waals surface area contributed by atoms with Crippen LogP contribution in [0.1, 0.15) is 26.7 Å². The molecule has 72 valence electrons. The number of halogens is 1. The fraction of sp³-hybridized carbons (Fsp3) is 1.00. The number of nitrogens with zero attached hydrogens (tertiary/aromatic N) is 1. The maximum atomic E-state index is 11.9. The van der Waals surface area contributed by atoms with Gasteiger partial charge in [0.2, 0.25) is 0 Å². The third-order valence-corrected chi connectivity index (χ3v) is 2.86. The van der Waals surface area contributed by atoms with Crippen LogP contribution in [0.2, 0.25) is 0 Å². The van der Waals surface area contributed by atoms with E-state index in [9.17, 15) is 9.50 Å². The van der Waals surface area contributed by atoms with E-state index in [4.69, 9.17) is 0 Å². The van der Waals surface area contributed by atoms with E-state index in [0.717, 1.165) is 19.5 Å². The average Bonchev–Trinajstić information content (AvgIpc) is 2.25. The van der Waals surface area contributed by atoms with Gasteiger partial charge in [0, 0.05) is 18.6 Å². The first-order valence-corrected chi connectivity index (χ1v) is 4.58. The van der Waals surface area contributed by atoms with Crippen molar-refractivity contribution in [3.05, 3.63) is 0 Å². The lowest BCUT2D eigenvalue weighted by Gasteiger charge is -2.33. The highest BCUT2D eigenvalue weighted by Gasteiger charge is 2.39. The van der Waals surface area contributed by atoms with Crippen LogP contribution in [0.25, 0.3) is 0 Å². The first-order chi connectivity index (χ1) is 5.59. The van der Waals surface area contributed by atoms with Gasteiger partial charge in [-0.2, -0.15) is 0 Å². The Labute approximate surface area is 73.4 Å². The number of alkyl halides is 1. The second kappa shape index (κ2) is 3.71. The molecule has 1 saturated heterocycles. The average molecular weight is 175 g/mol. The minimum Gasteiger partial charge on any atom is -0.391 e. The van der Waals surface area contributed by atoms with E-state index in [-0.39, 0.29) is 18.3 Å². The molecule has 0 aromatic heterocycles. The van der Waals surface area contributed by atoms with Crippen molar-refractivity contribution >= 4 is 0 Å². The number of hydrogen-bond acceptors (Lipinski definition) is 2. The van der Waals surface area contributed by atoms with Gasteiger partial charge >= 0.3 is 0 Å². The van der Waals surface area contributed by atoms with Crippen molar-refractivity contribution in [2.45, 2.75) is 38.3 Å². The summed E-state index contributed by atoms with van der Waals surface area (Å²) in [4.78, 5) is 2.16. The van der Waals surface area contributed by atoms with Crippen LogP contribution in [-0.4, -0.2) is 41.4 Å². The van der Waals surface area contributed by atoms with Crippen LogP contribution in [0.4, 0.5) is 4.39 Å². The van der Waals surface area contributed by atoms with Crippen LogP contribution in [-0.2, 0) is 0 Å². The molecule has 0 aromatic rings. The Hall–Kier alpha value is -0.150. The fourth-order valence-electron chi connectivity index (χ4n) is 1.78. The highest BCUT2D eigenvalue weighted by atomic mass is 19.1. The Balaban J connectivity index is 2.44. The minimum absolute atomic E-state index is 0.158. The molecule has 0 amide bonds. The third kappa shape index (κ3) is 1.77. The number of likely N-dealkylation sites (tertiary alicyclic amines) is 1. The summed E-state index contributed by atoms with van der Waals surface area (Å²) in [6.07, 6.45) is 1.15. The molecule has 1 aliphatic heterocycles. The van der Waals surface area contributed by atoms with E-state index < -0.39 is 0 Å². The van der Waals surface area contributed by atoms with Crippen LogP contribution >= 0.6 is 0 Å². The van der Waals surface area contributed by atoms with E-state index in [0.29, 0.717) is 6.42 Å². The van der Waals surface area contributed by atoms with Crippen molar-refractivity contribution in [1.29, 1.82) is 0 Å². The molecule has 12 heavy (non-hydrogen) atoms. The Kier molecular flexibility index (Phi) is 3.07. The van der Waals surface area contributed by atoms with Crippen LogP contribution < -0.4 is 0 Å². The van der Waals surface area contributed by atoms with Crippen LogP contribution in [0.5, 0.6) is 0 Å². The van der Waals surface area contributed by atoms with Gasteiger partial charge in [0.1, 0.15) is 0 Å². The zero-order valence-corrected chi connectivity index (χ0v) is 7.89. The quantitative estimate of drug-likeness (QED) is 0.696.